The van der Waals surface area contributed by atoms with Gasteiger partial charge in [0.2, 0.25) is 0 Å². The summed E-state index contributed by atoms with van der Waals surface area (Å²) in [5.74, 6) is 0. The Bertz CT molecular complexity index is 243. The summed E-state index contributed by atoms with van der Waals surface area (Å²) in [5, 5.41) is 5.60. The largest absolute Gasteiger partial charge is 0.291 e. The third-order valence-electron chi connectivity index (χ3n) is 1.63. The van der Waals surface area contributed by atoms with Crippen LogP contribution >= 0.6 is 0 Å². The quantitative estimate of drug-likeness (QED) is 0.544. The Morgan fingerprint density at radius 3 is 2.58 bits per heavy atom. The fraction of sp³-hybridized carbons (Fsp3) is 0.333. The monoisotopic (exact) mass is 164 g/mol. The normalized spacial score (nSPS) is 9.75. The highest BCUT2D eigenvalue weighted by Gasteiger charge is 1.90. The molecule has 0 aliphatic carbocycles. The van der Waals surface area contributed by atoms with E-state index in [1.165, 1.54) is 11.1 Å². The number of nitroso groups, excluding NO2 is 1. The van der Waals surface area contributed by atoms with E-state index in [9.17, 15) is 4.91 Å². The maximum absolute atomic E-state index is 9.74. The van der Waals surface area contributed by atoms with E-state index in [2.05, 4.69) is 10.5 Å². The SMILES string of the molecule is Cc1ccc(CNCN=O)cc1. The van der Waals surface area contributed by atoms with Crippen molar-refractivity contribution in [2.24, 2.45) is 5.18 Å². The molecule has 0 heterocycles. The van der Waals surface area contributed by atoms with Crippen LogP contribution in [0.5, 0.6) is 0 Å². The Labute approximate surface area is 71.8 Å². The molecule has 0 bridgehead atoms. The molecule has 0 unspecified atom stereocenters. The number of aryl methyl sites for hydroxylation is 1. The van der Waals surface area contributed by atoms with Gasteiger partial charge in [-0.1, -0.05) is 35.0 Å². The molecule has 0 amide bonds. The molecule has 3 nitrogen and oxygen atoms in total. The second-order valence-corrected chi connectivity index (χ2v) is 2.70. The van der Waals surface area contributed by atoms with Crippen molar-refractivity contribution in [1.82, 2.24) is 5.32 Å². The van der Waals surface area contributed by atoms with E-state index in [1.807, 2.05) is 31.2 Å². The molecule has 64 valence electrons. The van der Waals surface area contributed by atoms with Gasteiger partial charge in [0.1, 0.15) is 6.67 Å². The first-order valence-electron chi connectivity index (χ1n) is 3.88. The molecule has 0 fully saturated rings. The standard InChI is InChI=1S/C9H12N2O/c1-8-2-4-9(5-3-8)6-10-7-11-12/h2-5,10H,6-7H2,1H3. The van der Waals surface area contributed by atoms with Crippen LogP contribution in [0.3, 0.4) is 0 Å². The lowest BCUT2D eigenvalue weighted by atomic mass is 10.1. The number of nitrogens with one attached hydrogen (secondary N) is 1. The average molecular weight is 164 g/mol. The highest BCUT2D eigenvalue weighted by Crippen LogP contribution is 2.01. The summed E-state index contributed by atoms with van der Waals surface area (Å²) in [4.78, 5) is 9.74. The van der Waals surface area contributed by atoms with Crippen molar-refractivity contribution in [3.63, 3.8) is 0 Å². The number of hydrogen-bond donors (Lipinski definition) is 1. The van der Waals surface area contributed by atoms with E-state index in [1.54, 1.807) is 0 Å². The Morgan fingerprint density at radius 1 is 1.33 bits per heavy atom. The van der Waals surface area contributed by atoms with E-state index in [0.717, 1.165) is 0 Å². The van der Waals surface area contributed by atoms with Crippen LogP contribution in [0.2, 0.25) is 0 Å². The van der Waals surface area contributed by atoms with Crippen molar-refractivity contribution in [2.75, 3.05) is 6.67 Å². The summed E-state index contributed by atoms with van der Waals surface area (Å²) >= 11 is 0. The van der Waals surface area contributed by atoms with Gasteiger partial charge in [-0.2, -0.15) is 0 Å². The van der Waals surface area contributed by atoms with Gasteiger partial charge in [0, 0.05) is 6.54 Å². The second-order valence-electron chi connectivity index (χ2n) is 2.70. The zero-order valence-corrected chi connectivity index (χ0v) is 7.08. The van der Waals surface area contributed by atoms with Crippen molar-refractivity contribution in [3.05, 3.63) is 40.3 Å². The minimum atomic E-state index is 0.174. The van der Waals surface area contributed by atoms with Crippen LogP contribution in [0.25, 0.3) is 0 Å². The molecule has 3 heteroatoms. The maximum atomic E-state index is 9.74. The lowest BCUT2D eigenvalue weighted by Gasteiger charge is -2.00. The van der Waals surface area contributed by atoms with Crippen molar-refractivity contribution in [1.29, 1.82) is 0 Å². The van der Waals surface area contributed by atoms with Crippen LogP contribution in [0.15, 0.2) is 29.4 Å². The molecule has 0 aromatic heterocycles. The number of hydrogen-bond acceptors (Lipinski definition) is 3. The smallest absolute Gasteiger partial charge is 0.131 e. The Morgan fingerprint density at radius 2 is 2.00 bits per heavy atom. The first kappa shape index (κ1) is 8.87. The lowest BCUT2D eigenvalue weighted by molar-refractivity contribution is 0.707. The number of benzene rings is 1. The fourth-order valence-corrected chi connectivity index (χ4v) is 0.952. The van der Waals surface area contributed by atoms with Gasteiger partial charge < -0.3 is 0 Å². The topological polar surface area (TPSA) is 41.5 Å². The maximum Gasteiger partial charge on any atom is 0.131 e. The minimum Gasteiger partial charge on any atom is -0.291 e. The minimum absolute atomic E-state index is 0.174. The zero-order valence-electron chi connectivity index (χ0n) is 7.08. The Kier molecular flexibility index (Phi) is 3.41. The summed E-state index contributed by atoms with van der Waals surface area (Å²) in [5.41, 5.74) is 2.41. The van der Waals surface area contributed by atoms with E-state index < -0.39 is 0 Å². The summed E-state index contributed by atoms with van der Waals surface area (Å²) in [6.45, 7) is 2.92. The average Bonchev–Trinajstić information content (AvgIpc) is 2.09. The van der Waals surface area contributed by atoms with Crippen LogP contribution in [-0.4, -0.2) is 6.67 Å². The van der Waals surface area contributed by atoms with Crippen molar-refractivity contribution in [2.45, 2.75) is 13.5 Å². The summed E-state index contributed by atoms with van der Waals surface area (Å²) in [6.07, 6.45) is 0. The molecule has 0 aliphatic heterocycles. The van der Waals surface area contributed by atoms with Crippen LogP contribution in [0.4, 0.5) is 0 Å². The molecule has 0 spiro atoms. The van der Waals surface area contributed by atoms with Crippen LogP contribution < -0.4 is 5.32 Å². The van der Waals surface area contributed by atoms with Crippen LogP contribution in [0.1, 0.15) is 11.1 Å². The summed E-state index contributed by atoms with van der Waals surface area (Å²) in [7, 11) is 0. The van der Waals surface area contributed by atoms with Crippen LogP contribution in [-0.2, 0) is 6.54 Å². The highest BCUT2D eigenvalue weighted by atomic mass is 16.3. The second kappa shape index (κ2) is 4.62. The van der Waals surface area contributed by atoms with Gasteiger partial charge >= 0.3 is 0 Å². The Balaban J connectivity index is 2.42. The molecular formula is C9H12N2O. The molecule has 0 atom stereocenters. The molecule has 0 radical (unpaired) electrons. The predicted octanol–water partition coefficient (Wildman–Crippen LogP) is 1.81. The van der Waals surface area contributed by atoms with E-state index in [4.69, 9.17) is 0 Å². The van der Waals surface area contributed by atoms with E-state index in [0.29, 0.717) is 6.54 Å². The molecule has 1 rings (SSSR count). The van der Waals surface area contributed by atoms with Gasteiger partial charge in [0.15, 0.2) is 0 Å². The van der Waals surface area contributed by atoms with Crippen LogP contribution in [0, 0.1) is 11.8 Å². The van der Waals surface area contributed by atoms with Gasteiger partial charge in [-0.15, -0.1) is 4.91 Å². The first-order chi connectivity index (χ1) is 5.83. The zero-order chi connectivity index (χ0) is 8.81. The van der Waals surface area contributed by atoms with Gasteiger partial charge in [0.05, 0.1) is 0 Å². The predicted molar refractivity (Wildman–Crippen MR) is 48.7 cm³/mol. The van der Waals surface area contributed by atoms with Gasteiger partial charge in [0.25, 0.3) is 0 Å². The molecular weight excluding hydrogens is 152 g/mol. The molecule has 1 N–H and O–H groups in total. The molecule has 1 aromatic rings. The van der Waals surface area contributed by atoms with Gasteiger partial charge in [-0.3, -0.25) is 5.32 Å². The Hall–Kier alpha value is -1.22. The molecule has 0 aliphatic rings. The number of nitrogens with zero attached hydrogens (tertiary/aromatic N) is 1. The lowest BCUT2D eigenvalue weighted by Crippen LogP contribution is -2.12. The van der Waals surface area contributed by atoms with Crippen molar-refractivity contribution >= 4 is 0 Å². The summed E-state index contributed by atoms with van der Waals surface area (Å²) < 4.78 is 0. The van der Waals surface area contributed by atoms with Crippen molar-refractivity contribution in [3.8, 4) is 0 Å². The number of rotatable bonds is 4. The van der Waals surface area contributed by atoms with Gasteiger partial charge in [-0.25, -0.2) is 0 Å². The summed E-state index contributed by atoms with van der Waals surface area (Å²) in [6, 6.07) is 8.16. The highest BCUT2D eigenvalue weighted by molar-refractivity contribution is 5.20. The fourth-order valence-electron chi connectivity index (χ4n) is 0.952. The van der Waals surface area contributed by atoms with Gasteiger partial charge in [-0.05, 0) is 12.5 Å². The van der Waals surface area contributed by atoms with E-state index >= 15 is 0 Å². The molecule has 1 aromatic carbocycles. The molecule has 12 heavy (non-hydrogen) atoms. The third kappa shape index (κ3) is 2.80. The molecule has 0 saturated carbocycles. The first-order valence-corrected chi connectivity index (χ1v) is 3.88. The molecule has 0 saturated heterocycles. The van der Waals surface area contributed by atoms with Crippen molar-refractivity contribution < 1.29 is 0 Å². The third-order valence-corrected chi connectivity index (χ3v) is 1.63. The van der Waals surface area contributed by atoms with E-state index in [-0.39, 0.29) is 6.67 Å².